The predicted molar refractivity (Wildman–Crippen MR) is 139 cm³/mol. The maximum atomic E-state index is 12.0. The first-order chi connectivity index (χ1) is 15.6. The molecule has 0 fully saturated rings. The summed E-state index contributed by atoms with van der Waals surface area (Å²) in [4.78, 5) is 12.0. The maximum Gasteiger partial charge on any atom is 0.248 e. The number of fused-ring (bicyclic) bond motifs is 1. The van der Waals surface area contributed by atoms with E-state index in [0.29, 0.717) is 12.2 Å². The van der Waals surface area contributed by atoms with Gasteiger partial charge in [0, 0.05) is 11.1 Å². The van der Waals surface area contributed by atoms with Gasteiger partial charge in [-0.25, -0.2) is 0 Å². The molecule has 0 aliphatic rings. The van der Waals surface area contributed by atoms with Crippen molar-refractivity contribution in [2.75, 3.05) is 6.61 Å². The highest BCUT2D eigenvalue weighted by molar-refractivity contribution is 6.00. The number of carbonyl (C=O) groups is 1. The van der Waals surface area contributed by atoms with Crippen LogP contribution in [-0.4, -0.2) is 12.5 Å². The van der Waals surface area contributed by atoms with Gasteiger partial charge in [-0.1, -0.05) is 84.0 Å². The zero-order valence-corrected chi connectivity index (χ0v) is 21.1. The zero-order chi connectivity index (χ0) is 24.2. The van der Waals surface area contributed by atoms with Crippen molar-refractivity contribution in [1.82, 2.24) is 0 Å². The predicted octanol–water partition coefficient (Wildman–Crippen LogP) is 7.33. The average molecular weight is 446 g/mol. The number of hydrogen-bond donors (Lipinski definition) is 1. The Balaban J connectivity index is 1.81. The number of aryl methyl sites for hydroxylation is 1. The van der Waals surface area contributed by atoms with E-state index in [2.05, 4.69) is 71.9 Å². The number of hydrogen-bond acceptors (Lipinski definition) is 2. The summed E-state index contributed by atoms with van der Waals surface area (Å²) < 4.78 is 6.34. The van der Waals surface area contributed by atoms with Crippen LogP contribution < -0.4 is 10.5 Å². The summed E-state index contributed by atoms with van der Waals surface area (Å²) in [5.41, 5.74) is 10.1. The van der Waals surface area contributed by atoms with Crippen LogP contribution in [0.5, 0.6) is 5.75 Å². The fourth-order valence-corrected chi connectivity index (χ4v) is 4.27. The van der Waals surface area contributed by atoms with Gasteiger partial charge in [0.05, 0.1) is 6.61 Å². The third-order valence-corrected chi connectivity index (χ3v) is 7.39. The van der Waals surface area contributed by atoms with Crippen molar-refractivity contribution in [3.8, 4) is 5.75 Å². The van der Waals surface area contributed by atoms with E-state index in [-0.39, 0.29) is 16.7 Å². The van der Waals surface area contributed by atoms with Crippen molar-refractivity contribution in [2.24, 2.45) is 5.73 Å². The molecule has 0 atom stereocenters. The Morgan fingerprint density at radius 1 is 0.909 bits per heavy atom. The molecule has 3 aromatic carbocycles. The molecule has 0 saturated carbocycles. The second-order valence-electron chi connectivity index (χ2n) is 10.3. The molecule has 3 aromatic rings. The lowest BCUT2D eigenvalue weighted by molar-refractivity contribution is 0.0999. The van der Waals surface area contributed by atoms with E-state index in [0.717, 1.165) is 47.8 Å². The summed E-state index contributed by atoms with van der Waals surface area (Å²) >= 11 is 0. The van der Waals surface area contributed by atoms with E-state index >= 15 is 0 Å². The van der Waals surface area contributed by atoms with E-state index in [1.807, 2.05) is 24.3 Å². The van der Waals surface area contributed by atoms with Crippen molar-refractivity contribution in [3.63, 3.8) is 0 Å². The molecule has 3 rings (SSSR count). The minimum atomic E-state index is -0.377. The Hall–Kier alpha value is -2.81. The Labute approximate surface area is 199 Å². The molecule has 0 bridgehead atoms. The Morgan fingerprint density at radius 2 is 1.61 bits per heavy atom. The fraction of sp³-hybridized carbons (Fsp3) is 0.433. The molecule has 0 aromatic heterocycles. The number of rotatable bonds is 10. The first kappa shape index (κ1) is 24.8. The number of ether oxygens (including phenoxy) is 1. The van der Waals surface area contributed by atoms with E-state index in [1.54, 1.807) is 0 Å². The van der Waals surface area contributed by atoms with Gasteiger partial charge in [0.2, 0.25) is 5.91 Å². The average Bonchev–Trinajstić information content (AvgIpc) is 2.81. The molecule has 0 heterocycles. The van der Waals surface area contributed by atoms with Crippen LogP contribution in [0.25, 0.3) is 10.8 Å². The Morgan fingerprint density at radius 3 is 2.27 bits per heavy atom. The summed E-state index contributed by atoms with van der Waals surface area (Å²) in [5, 5.41) is 2.22. The summed E-state index contributed by atoms with van der Waals surface area (Å²) in [6.45, 7) is 14.2. The lowest BCUT2D eigenvalue weighted by atomic mass is 9.76. The minimum absolute atomic E-state index is 0.0317. The van der Waals surface area contributed by atoms with Crippen LogP contribution in [0, 0.1) is 0 Å². The van der Waals surface area contributed by atoms with E-state index in [9.17, 15) is 4.79 Å². The minimum Gasteiger partial charge on any atom is -0.493 e. The van der Waals surface area contributed by atoms with Crippen LogP contribution in [0.3, 0.4) is 0 Å². The van der Waals surface area contributed by atoms with Gasteiger partial charge in [-0.15, -0.1) is 0 Å². The molecule has 0 saturated heterocycles. The summed E-state index contributed by atoms with van der Waals surface area (Å²) in [7, 11) is 0. The molecule has 33 heavy (non-hydrogen) atoms. The van der Waals surface area contributed by atoms with Crippen LogP contribution in [0.1, 0.15) is 87.9 Å². The van der Waals surface area contributed by atoms with Gasteiger partial charge in [0.25, 0.3) is 0 Å². The summed E-state index contributed by atoms with van der Waals surface area (Å²) in [6, 6.07) is 18.7. The number of benzene rings is 3. The highest BCUT2D eigenvalue weighted by Crippen LogP contribution is 2.38. The number of nitrogens with two attached hydrogens (primary N) is 1. The summed E-state index contributed by atoms with van der Waals surface area (Å²) in [6.07, 6.45) is 3.68. The molecule has 0 unspecified atom stereocenters. The first-order valence-corrected chi connectivity index (χ1v) is 12.2. The van der Waals surface area contributed by atoms with Crippen LogP contribution >= 0.6 is 0 Å². The Kier molecular flexibility index (Phi) is 7.51. The largest absolute Gasteiger partial charge is 0.493 e. The quantitative estimate of drug-likeness (QED) is 0.332. The van der Waals surface area contributed by atoms with E-state index < -0.39 is 0 Å². The molecule has 0 spiro atoms. The van der Waals surface area contributed by atoms with Gasteiger partial charge in [0.1, 0.15) is 5.75 Å². The highest BCUT2D eigenvalue weighted by atomic mass is 16.5. The maximum absolute atomic E-state index is 12.0. The molecule has 0 aliphatic heterocycles. The van der Waals surface area contributed by atoms with Crippen LogP contribution in [0.4, 0.5) is 0 Å². The van der Waals surface area contributed by atoms with Crippen molar-refractivity contribution in [1.29, 1.82) is 0 Å². The molecule has 3 nitrogen and oxygen atoms in total. The van der Waals surface area contributed by atoms with Crippen LogP contribution in [-0.2, 0) is 17.3 Å². The van der Waals surface area contributed by atoms with Crippen molar-refractivity contribution >= 4 is 16.7 Å². The zero-order valence-electron chi connectivity index (χ0n) is 21.1. The monoisotopic (exact) mass is 445 g/mol. The topological polar surface area (TPSA) is 52.3 Å². The third kappa shape index (κ3) is 5.40. The lowest BCUT2D eigenvalue weighted by Gasteiger charge is -2.30. The normalized spacial score (nSPS) is 12.2. The van der Waals surface area contributed by atoms with Gasteiger partial charge < -0.3 is 10.5 Å². The van der Waals surface area contributed by atoms with Gasteiger partial charge in [-0.3, -0.25) is 4.79 Å². The number of primary amides is 1. The SMILES string of the molecule is CCC(C)(C)c1ccc(OCCCc2c(C(N)=O)ccc3ccccc23)c(C(C)(C)CC)c1. The van der Waals surface area contributed by atoms with Gasteiger partial charge in [-0.05, 0) is 70.5 Å². The number of amides is 1. The van der Waals surface area contributed by atoms with Crippen molar-refractivity contribution in [3.05, 3.63) is 76.9 Å². The first-order valence-electron chi connectivity index (χ1n) is 12.2. The molecule has 176 valence electrons. The van der Waals surface area contributed by atoms with Crippen molar-refractivity contribution < 1.29 is 9.53 Å². The molecular formula is C30H39NO2. The van der Waals surface area contributed by atoms with Gasteiger partial charge >= 0.3 is 0 Å². The second-order valence-corrected chi connectivity index (χ2v) is 10.3. The molecule has 1 amide bonds. The van der Waals surface area contributed by atoms with Crippen LogP contribution in [0.2, 0.25) is 0 Å². The standard InChI is InChI=1S/C30H39NO2/c1-7-29(3,4)22-16-18-27(26(20-22)30(5,6)8-2)33-19-11-14-24-23-13-10-9-12-21(23)15-17-25(24)28(31)32/h9-10,12-13,15-18,20H,7-8,11,14,19H2,1-6H3,(H2,31,32). The van der Waals surface area contributed by atoms with Crippen LogP contribution in [0.15, 0.2) is 54.6 Å². The Bertz CT molecular complexity index is 1130. The fourth-order valence-electron chi connectivity index (χ4n) is 4.27. The molecule has 0 aliphatic carbocycles. The van der Waals surface area contributed by atoms with E-state index in [1.165, 1.54) is 11.1 Å². The second kappa shape index (κ2) is 9.99. The van der Waals surface area contributed by atoms with E-state index in [4.69, 9.17) is 10.5 Å². The smallest absolute Gasteiger partial charge is 0.248 e. The lowest BCUT2D eigenvalue weighted by Crippen LogP contribution is -2.21. The van der Waals surface area contributed by atoms with Gasteiger partial charge in [0.15, 0.2) is 0 Å². The number of carbonyl (C=O) groups excluding carboxylic acids is 1. The summed E-state index contributed by atoms with van der Waals surface area (Å²) in [5.74, 6) is 0.586. The molecule has 2 N–H and O–H groups in total. The third-order valence-electron chi connectivity index (χ3n) is 7.39. The highest BCUT2D eigenvalue weighted by Gasteiger charge is 2.26. The molecule has 0 radical (unpaired) electrons. The molecule has 3 heteroatoms. The van der Waals surface area contributed by atoms with Crippen molar-refractivity contribution in [2.45, 2.75) is 78.1 Å². The van der Waals surface area contributed by atoms with Gasteiger partial charge in [-0.2, -0.15) is 0 Å². The molecular weight excluding hydrogens is 406 g/mol.